The van der Waals surface area contributed by atoms with E-state index >= 15 is 0 Å². The summed E-state index contributed by atoms with van der Waals surface area (Å²) in [4.78, 5) is 11.8. The number of furan rings is 1. The smallest absolute Gasteiger partial charge is 0.224 e. The molecule has 1 aromatic heterocycles. The van der Waals surface area contributed by atoms with Gasteiger partial charge in [0.05, 0.1) is 6.26 Å². The van der Waals surface area contributed by atoms with Crippen LogP contribution in [0, 0.1) is 0 Å². The van der Waals surface area contributed by atoms with Crippen LogP contribution in [0.3, 0.4) is 0 Å². The first-order valence-electron chi connectivity index (χ1n) is 6.53. The van der Waals surface area contributed by atoms with Crippen molar-refractivity contribution in [2.24, 2.45) is 5.73 Å². The molecule has 3 N–H and O–H groups in total. The molecule has 5 nitrogen and oxygen atoms in total. The second-order valence-corrected chi connectivity index (χ2v) is 4.29. The van der Waals surface area contributed by atoms with Crippen LogP contribution in [0.4, 0.5) is 5.69 Å². The molecule has 1 amide bonds. The van der Waals surface area contributed by atoms with Gasteiger partial charge in [0.15, 0.2) is 0 Å². The third-order valence-electron chi connectivity index (χ3n) is 2.70. The van der Waals surface area contributed by atoms with Gasteiger partial charge in [-0.15, -0.1) is 12.4 Å². The lowest BCUT2D eigenvalue weighted by molar-refractivity contribution is -0.116. The molecule has 1 heterocycles. The van der Waals surface area contributed by atoms with Crippen molar-refractivity contribution in [1.29, 1.82) is 0 Å². The molecule has 0 aliphatic rings. The Balaban J connectivity index is 0.00000220. The number of carbonyl (C=O) groups excluding carboxylic acids is 1. The highest BCUT2D eigenvalue weighted by atomic mass is 35.5. The second-order valence-electron chi connectivity index (χ2n) is 4.29. The highest BCUT2D eigenvalue weighted by Gasteiger charge is 2.04. The molecule has 114 valence electrons. The van der Waals surface area contributed by atoms with Gasteiger partial charge in [0.1, 0.15) is 18.1 Å². The van der Waals surface area contributed by atoms with Crippen molar-refractivity contribution in [3.63, 3.8) is 0 Å². The Labute approximate surface area is 129 Å². The van der Waals surface area contributed by atoms with Crippen molar-refractivity contribution >= 4 is 24.0 Å². The van der Waals surface area contributed by atoms with Crippen LogP contribution in [0.5, 0.6) is 5.75 Å². The van der Waals surface area contributed by atoms with Crippen LogP contribution < -0.4 is 15.8 Å². The van der Waals surface area contributed by atoms with E-state index in [1.807, 2.05) is 12.1 Å². The number of nitrogens with two attached hydrogens (primary N) is 1. The molecule has 0 radical (unpaired) electrons. The third kappa shape index (κ3) is 5.89. The zero-order valence-electron chi connectivity index (χ0n) is 11.6. The lowest BCUT2D eigenvalue weighted by atomic mass is 10.2. The quantitative estimate of drug-likeness (QED) is 0.824. The fourth-order valence-electron chi connectivity index (χ4n) is 1.73. The fourth-order valence-corrected chi connectivity index (χ4v) is 1.73. The minimum absolute atomic E-state index is 0. The molecule has 6 heteroatoms. The molecule has 21 heavy (non-hydrogen) atoms. The van der Waals surface area contributed by atoms with Crippen LogP contribution in [-0.2, 0) is 11.2 Å². The summed E-state index contributed by atoms with van der Waals surface area (Å²) in [5.41, 5.74) is 6.10. The average molecular weight is 311 g/mol. The second kappa shape index (κ2) is 9.05. The first-order chi connectivity index (χ1) is 9.78. The number of anilines is 1. The maximum Gasteiger partial charge on any atom is 0.224 e. The van der Waals surface area contributed by atoms with Crippen LogP contribution in [0.1, 0.15) is 12.2 Å². The number of hydrogen-bond acceptors (Lipinski definition) is 4. The monoisotopic (exact) mass is 310 g/mol. The Kier molecular flexibility index (Phi) is 7.36. The van der Waals surface area contributed by atoms with E-state index in [0.29, 0.717) is 26.0 Å². The number of benzene rings is 1. The van der Waals surface area contributed by atoms with Gasteiger partial charge in [-0.05, 0) is 36.4 Å². The van der Waals surface area contributed by atoms with Crippen molar-refractivity contribution in [2.45, 2.75) is 12.8 Å². The molecule has 0 spiro atoms. The summed E-state index contributed by atoms with van der Waals surface area (Å²) in [5, 5.41) is 2.83. The lowest BCUT2D eigenvalue weighted by Gasteiger charge is -2.07. The van der Waals surface area contributed by atoms with Crippen molar-refractivity contribution < 1.29 is 13.9 Å². The van der Waals surface area contributed by atoms with Crippen LogP contribution in [-0.4, -0.2) is 19.1 Å². The minimum atomic E-state index is -0.0444. The zero-order valence-corrected chi connectivity index (χ0v) is 12.4. The molecule has 0 saturated heterocycles. The Bertz CT molecular complexity index is 526. The third-order valence-corrected chi connectivity index (χ3v) is 2.70. The van der Waals surface area contributed by atoms with Crippen molar-refractivity contribution in [3.05, 3.63) is 48.4 Å². The first kappa shape index (κ1) is 17.1. The zero-order chi connectivity index (χ0) is 14.2. The number of aryl methyl sites for hydroxylation is 1. The van der Waals surface area contributed by atoms with E-state index in [1.165, 1.54) is 0 Å². The maximum absolute atomic E-state index is 11.8. The first-order valence-corrected chi connectivity index (χ1v) is 6.53. The summed E-state index contributed by atoms with van der Waals surface area (Å²) >= 11 is 0. The SMILES string of the molecule is Cl.NCCOc1ccc(NC(=O)CCc2ccco2)cc1. The molecular formula is C15H19ClN2O3. The van der Waals surface area contributed by atoms with Crippen molar-refractivity contribution in [2.75, 3.05) is 18.5 Å². The van der Waals surface area contributed by atoms with E-state index in [-0.39, 0.29) is 18.3 Å². The molecular weight excluding hydrogens is 292 g/mol. The van der Waals surface area contributed by atoms with E-state index in [0.717, 1.165) is 17.2 Å². The number of carbonyl (C=O) groups is 1. The van der Waals surface area contributed by atoms with Gasteiger partial charge < -0.3 is 20.2 Å². The molecule has 0 bridgehead atoms. The van der Waals surface area contributed by atoms with Crippen LogP contribution in [0.15, 0.2) is 47.1 Å². The van der Waals surface area contributed by atoms with Gasteiger partial charge in [-0.25, -0.2) is 0 Å². The molecule has 0 fully saturated rings. The Morgan fingerprint density at radius 2 is 2.00 bits per heavy atom. The summed E-state index contributed by atoms with van der Waals surface area (Å²) in [6.07, 6.45) is 2.59. The van der Waals surface area contributed by atoms with E-state index in [4.69, 9.17) is 14.9 Å². The van der Waals surface area contributed by atoms with Gasteiger partial charge in [-0.2, -0.15) is 0 Å². The lowest BCUT2D eigenvalue weighted by Crippen LogP contribution is -2.12. The largest absolute Gasteiger partial charge is 0.492 e. The summed E-state index contributed by atoms with van der Waals surface area (Å²) in [7, 11) is 0. The van der Waals surface area contributed by atoms with Crippen molar-refractivity contribution in [1.82, 2.24) is 0 Å². The number of amides is 1. The molecule has 0 aliphatic heterocycles. The van der Waals surface area contributed by atoms with Gasteiger partial charge in [0, 0.05) is 25.1 Å². The number of halogens is 1. The molecule has 2 aromatic rings. The average Bonchev–Trinajstić information content (AvgIpc) is 2.98. The molecule has 0 aliphatic carbocycles. The van der Waals surface area contributed by atoms with E-state index in [9.17, 15) is 4.79 Å². The van der Waals surface area contributed by atoms with Crippen LogP contribution >= 0.6 is 12.4 Å². The number of ether oxygens (including phenoxy) is 1. The van der Waals surface area contributed by atoms with Crippen LogP contribution in [0.2, 0.25) is 0 Å². The topological polar surface area (TPSA) is 77.5 Å². The summed E-state index contributed by atoms with van der Waals surface area (Å²) in [5.74, 6) is 1.51. The maximum atomic E-state index is 11.8. The Morgan fingerprint density at radius 3 is 2.62 bits per heavy atom. The van der Waals surface area contributed by atoms with Gasteiger partial charge in [-0.1, -0.05) is 0 Å². The molecule has 0 saturated carbocycles. The Morgan fingerprint density at radius 1 is 1.24 bits per heavy atom. The predicted octanol–water partition coefficient (Wildman–Crippen LogP) is 2.61. The highest BCUT2D eigenvalue weighted by Crippen LogP contribution is 2.16. The predicted molar refractivity (Wildman–Crippen MR) is 83.9 cm³/mol. The molecule has 0 unspecified atom stereocenters. The summed E-state index contributed by atoms with van der Waals surface area (Å²) in [6.45, 7) is 0.958. The van der Waals surface area contributed by atoms with Gasteiger partial charge in [0.25, 0.3) is 0 Å². The normalized spacial score (nSPS) is 9.76. The highest BCUT2D eigenvalue weighted by molar-refractivity contribution is 5.90. The Hall–Kier alpha value is -1.98. The number of nitrogens with one attached hydrogen (secondary N) is 1. The molecule has 2 rings (SSSR count). The van der Waals surface area contributed by atoms with E-state index in [2.05, 4.69) is 5.32 Å². The van der Waals surface area contributed by atoms with Gasteiger partial charge in [0.2, 0.25) is 5.91 Å². The van der Waals surface area contributed by atoms with Gasteiger partial charge >= 0.3 is 0 Å². The minimum Gasteiger partial charge on any atom is -0.492 e. The van der Waals surface area contributed by atoms with Crippen LogP contribution in [0.25, 0.3) is 0 Å². The molecule has 0 atom stereocenters. The van der Waals surface area contributed by atoms with E-state index < -0.39 is 0 Å². The standard InChI is InChI=1S/C15H18N2O3.ClH/c16-9-11-20-14-5-3-12(4-6-14)17-15(18)8-7-13-2-1-10-19-13;/h1-6,10H,7-9,11,16H2,(H,17,18);1H. The number of hydrogen-bond donors (Lipinski definition) is 2. The fraction of sp³-hybridized carbons (Fsp3) is 0.267. The number of rotatable bonds is 7. The molecule has 1 aromatic carbocycles. The summed E-state index contributed by atoms with van der Waals surface area (Å²) in [6, 6.07) is 10.9. The summed E-state index contributed by atoms with van der Waals surface area (Å²) < 4.78 is 10.5. The van der Waals surface area contributed by atoms with E-state index in [1.54, 1.807) is 30.5 Å². The van der Waals surface area contributed by atoms with Gasteiger partial charge in [-0.3, -0.25) is 4.79 Å². The van der Waals surface area contributed by atoms with Crippen molar-refractivity contribution in [3.8, 4) is 5.75 Å².